The highest BCUT2D eigenvalue weighted by atomic mass is 35.5. The Hall–Kier alpha value is -2.21. The summed E-state index contributed by atoms with van der Waals surface area (Å²) in [7, 11) is 0. The van der Waals surface area contributed by atoms with Crippen molar-refractivity contribution in [2.75, 3.05) is 0 Å². The molecule has 0 amide bonds. The van der Waals surface area contributed by atoms with Crippen LogP contribution < -0.4 is 4.74 Å². The lowest BCUT2D eigenvalue weighted by molar-refractivity contribution is -0.139. The summed E-state index contributed by atoms with van der Waals surface area (Å²) in [6.45, 7) is 1.96. The van der Waals surface area contributed by atoms with Crippen LogP contribution in [0.15, 0.2) is 36.4 Å². The molecule has 3 nitrogen and oxygen atoms in total. The van der Waals surface area contributed by atoms with Crippen molar-refractivity contribution in [1.29, 1.82) is 0 Å². The number of benzene rings is 2. The van der Waals surface area contributed by atoms with Crippen LogP contribution in [0.25, 0.3) is 0 Å². The largest absolute Gasteiger partial charge is 0.481 e. The third-order valence-corrected chi connectivity index (χ3v) is 6.19. The predicted octanol–water partition coefficient (Wildman–Crippen LogP) is 5.69. The number of hydrogen-bond donors (Lipinski definition) is 1. The van der Waals surface area contributed by atoms with Gasteiger partial charge in [0.2, 0.25) is 0 Å². The number of carboxylic acids is 1. The zero-order valence-corrected chi connectivity index (χ0v) is 15.1. The maximum atomic E-state index is 12.7. The van der Waals surface area contributed by atoms with Crippen LogP contribution in [0.2, 0.25) is 5.02 Å². The molecule has 4 rings (SSSR count). The van der Waals surface area contributed by atoms with Gasteiger partial charge in [-0.1, -0.05) is 24.6 Å². The van der Waals surface area contributed by atoms with Crippen LogP contribution in [0.5, 0.6) is 11.5 Å². The number of aliphatic carboxylic acids is 1. The highest BCUT2D eigenvalue weighted by molar-refractivity contribution is 6.32. The molecule has 27 heavy (non-hydrogen) atoms. The Morgan fingerprint density at radius 2 is 2.00 bits per heavy atom. The standard InChI is InChI=1S/C20H16ClF3O3/c1-10-17(18(25)26)19(10)7-6-11-8-13(3-4-14(11)19)27-16-5-2-12(9-15(16)21)20(22,23)24/h2-5,8-10,17H,6-7H2,1H3,(H,25,26). The first-order valence-electron chi connectivity index (χ1n) is 8.55. The van der Waals surface area contributed by atoms with Crippen LogP contribution in [0.3, 0.4) is 0 Å². The van der Waals surface area contributed by atoms with E-state index in [-0.39, 0.29) is 28.0 Å². The molecule has 142 valence electrons. The summed E-state index contributed by atoms with van der Waals surface area (Å²) in [5.74, 6) is -0.442. The zero-order valence-electron chi connectivity index (χ0n) is 14.3. The van der Waals surface area contributed by atoms with E-state index in [2.05, 4.69) is 0 Å². The second-order valence-corrected chi connectivity index (χ2v) is 7.62. The van der Waals surface area contributed by atoms with Gasteiger partial charge < -0.3 is 9.84 Å². The van der Waals surface area contributed by atoms with E-state index in [4.69, 9.17) is 16.3 Å². The van der Waals surface area contributed by atoms with Gasteiger partial charge in [-0.25, -0.2) is 0 Å². The van der Waals surface area contributed by atoms with Crippen LogP contribution in [-0.2, 0) is 22.8 Å². The van der Waals surface area contributed by atoms with E-state index in [1.165, 1.54) is 6.07 Å². The fourth-order valence-corrected chi connectivity index (χ4v) is 4.74. The lowest BCUT2D eigenvalue weighted by Gasteiger charge is -2.14. The number of carbonyl (C=O) groups is 1. The molecule has 3 atom stereocenters. The third kappa shape index (κ3) is 2.78. The van der Waals surface area contributed by atoms with E-state index in [0.29, 0.717) is 5.75 Å². The molecule has 1 N–H and O–H groups in total. The van der Waals surface area contributed by atoms with E-state index in [0.717, 1.165) is 36.1 Å². The van der Waals surface area contributed by atoms with Gasteiger partial charge in [0.05, 0.1) is 16.5 Å². The average Bonchev–Trinajstić information content (AvgIpc) is 3.00. The normalized spacial score (nSPS) is 26.1. The van der Waals surface area contributed by atoms with Crippen molar-refractivity contribution < 1.29 is 27.8 Å². The van der Waals surface area contributed by atoms with Crippen LogP contribution in [-0.4, -0.2) is 11.1 Å². The van der Waals surface area contributed by atoms with Crippen LogP contribution in [0, 0.1) is 11.8 Å². The summed E-state index contributed by atoms with van der Waals surface area (Å²) in [6, 6.07) is 8.36. The summed E-state index contributed by atoms with van der Waals surface area (Å²) < 4.78 is 43.9. The van der Waals surface area contributed by atoms with Crippen molar-refractivity contribution in [3.05, 3.63) is 58.1 Å². The van der Waals surface area contributed by atoms with E-state index in [1.54, 1.807) is 6.07 Å². The number of ether oxygens (including phenoxy) is 1. The van der Waals surface area contributed by atoms with Gasteiger partial charge in [0.1, 0.15) is 11.5 Å². The molecule has 0 aliphatic heterocycles. The summed E-state index contributed by atoms with van der Waals surface area (Å²) in [5, 5.41) is 9.29. The zero-order chi connectivity index (χ0) is 19.6. The van der Waals surface area contributed by atoms with Crippen molar-refractivity contribution in [3.63, 3.8) is 0 Å². The number of aryl methyl sites for hydroxylation is 1. The van der Waals surface area contributed by atoms with Crippen molar-refractivity contribution in [3.8, 4) is 11.5 Å². The number of rotatable bonds is 3. The smallest absolute Gasteiger partial charge is 0.416 e. The van der Waals surface area contributed by atoms with Gasteiger partial charge in [-0.15, -0.1) is 0 Å². The average molecular weight is 397 g/mol. The second-order valence-electron chi connectivity index (χ2n) is 7.21. The minimum Gasteiger partial charge on any atom is -0.481 e. The minimum atomic E-state index is -4.47. The summed E-state index contributed by atoms with van der Waals surface area (Å²) in [5.41, 5.74) is 0.920. The van der Waals surface area contributed by atoms with E-state index in [9.17, 15) is 23.1 Å². The Morgan fingerprint density at radius 1 is 1.26 bits per heavy atom. The van der Waals surface area contributed by atoms with E-state index < -0.39 is 17.7 Å². The SMILES string of the molecule is CC1C(C(=O)O)C12CCc1cc(Oc3ccc(C(F)(F)F)cc3Cl)ccc12. The molecule has 1 fully saturated rings. The van der Waals surface area contributed by atoms with Crippen molar-refractivity contribution in [2.24, 2.45) is 11.8 Å². The number of alkyl halides is 3. The van der Waals surface area contributed by atoms with Crippen molar-refractivity contribution in [2.45, 2.75) is 31.4 Å². The van der Waals surface area contributed by atoms with Gasteiger partial charge in [0, 0.05) is 5.41 Å². The molecule has 0 radical (unpaired) electrons. The molecule has 7 heteroatoms. The van der Waals surface area contributed by atoms with Gasteiger partial charge in [0.25, 0.3) is 0 Å². The lowest BCUT2D eigenvalue weighted by atomic mass is 9.94. The van der Waals surface area contributed by atoms with Crippen molar-refractivity contribution >= 4 is 17.6 Å². The topological polar surface area (TPSA) is 46.5 Å². The molecule has 3 unspecified atom stereocenters. The minimum absolute atomic E-state index is 0.0902. The Morgan fingerprint density at radius 3 is 2.59 bits per heavy atom. The van der Waals surface area contributed by atoms with Crippen LogP contribution in [0.4, 0.5) is 13.2 Å². The van der Waals surface area contributed by atoms with Gasteiger partial charge in [0.15, 0.2) is 0 Å². The monoisotopic (exact) mass is 396 g/mol. The molecule has 2 aromatic carbocycles. The lowest BCUT2D eigenvalue weighted by Crippen LogP contribution is -2.11. The van der Waals surface area contributed by atoms with Gasteiger partial charge in [-0.2, -0.15) is 13.2 Å². The highest BCUT2D eigenvalue weighted by Crippen LogP contribution is 2.66. The van der Waals surface area contributed by atoms with Gasteiger partial charge in [-0.3, -0.25) is 4.79 Å². The molecule has 0 aromatic heterocycles. The van der Waals surface area contributed by atoms with Crippen LogP contribution in [0.1, 0.15) is 30.0 Å². The first-order valence-corrected chi connectivity index (χ1v) is 8.93. The first-order chi connectivity index (χ1) is 12.6. The molecule has 0 bridgehead atoms. The number of halogens is 4. The first kappa shape index (κ1) is 18.2. The summed E-state index contributed by atoms with van der Waals surface area (Å²) in [4.78, 5) is 11.5. The third-order valence-electron chi connectivity index (χ3n) is 5.90. The van der Waals surface area contributed by atoms with E-state index >= 15 is 0 Å². The van der Waals surface area contributed by atoms with Gasteiger partial charge in [-0.05, 0) is 60.2 Å². The summed E-state index contributed by atoms with van der Waals surface area (Å²) in [6.07, 6.45) is -2.93. The predicted molar refractivity (Wildman–Crippen MR) is 93.3 cm³/mol. The molecule has 2 aliphatic rings. The summed E-state index contributed by atoms with van der Waals surface area (Å²) >= 11 is 5.94. The molecular weight excluding hydrogens is 381 g/mol. The Kier molecular flexibility index (Phi) is 3.97. The van der Waals surface area contributed by atoms with E-state index in [1.807, 2.05) is 19.1 Å². The Balaban J connectivity index is 1.59. The molecule has 2 aliphatic carbocycles. The molecular formula is C20H16ClF3O3. The highest BCUT2D eigenvalue weighted by Gasteiger charge is 2.68. The van der Waals surface area contributed by atoms with Gasteiger partial charge >= 0.3 is 12.1 Å². The fraction of sp³-hybridized carbons (Fsp3) is 0.350. The maximum Gasteiger partial charge on any atom is 0.416 e. The molecule has 1 saturated carbocycles. The number of fused-ring (bicyclic) bond motifs is 2. The maximum absolute atomic E-state index is 12.7. The number of hydrogen-bond acceptors (Lipinski definition) is 2. The molecule has 2 aromatic rings. The second kappa shape index (κ2) is 5.89. The Labute approximate surface area is 158 Å². The fourth-order valence-electron chi connectivity index (χ4n) is 4.52. The molecule has 1 spiro atoms. The number of carboxylic acid groups (broad SMARTS) is 1. The van der Waals surface area contributed by atoms with Crippen LogP contribution >= 0.6 is 11.6 Å². The molecule has 0 heterocycles. The molecule has 0 saturated heterocycles. The quantitative estimate of drug-likeness (QED) is 0.725. The van der Waals surface area contributed by atoms with Crippen molar-refractivity contribution in [1.82, 2.24) is 0 Å². The Bertz CT molecular complexity index is 941.